The number of hydrogen-bond donors (Lipinski definition) is 1. The van der Waals surface area contributed by atoms with Crippen molar-refractivity contribution in [2.24, 2.45) is 5.41 Å². The summed E-state index contributed by atoms with van der Waals surface area (Å²) >= 11 is 0. The summed E-state index contributed by atoms with van der Waals surface area (Å²) in [5.41, 5.74) is 6.67. The molecule has 0 bridgehead atoms. The molecule has 5 rings (SSSR count). The van der Waals surface area contributed by atoms with Crippen molar-refractivity contribution in [3.8, 4) is 11.5 Å². The van der Waals surface area contributed by atoms with Gasteiger partial charge in [0.2, 0.25) is 0 Å². The molecular weight excluding hydrogens is 893 g/mol. The van der Waals surface area contributed by atoms with Gasteiger partial charge in [-0.05, 0) is 114 Å². The largest absolute Gasteiger partial charge is 0.493 e. The van der Waals surface area contributed by atoms with E-state index in [1.165, 1.54) is 17.5 Å². The topological polar surface area (TPSA) is 137 Å². The van der Waals surface area contributed by atoms with Gasteiger partial charge in [0.1, 0.15) is 6.61 Å². The first-order valence-corrected chi connectivity index (χ1v) is 27.4. The number of hydrogen-bond acceptors (Lipinski definition) is 11. The quantitative estimate of drug-likeness (QED) is 0.0292. The second kappa shape index (κ2) is 28.3. The summed E-state index contributed by atoms with van der Waals surface area (Å²) in [7, 11) is 1.40. The third-order valence-electron chi connectivity index (χ3n) is 13.1. The number of carbonyl (C=O) groups excluding carboxylic acids is 1. The number of aryl methyl sites for hydroxylation is 1. The maximum Gasteiger partial charge on any atom is 0.306 e. The Bertz CT molecular complexity index is 2110. The van der Waals surface area contributed by atoms with E-state index >= 15 is 0 Å². The van der Waals surface area contributed by atoms with Gasteiger partial charge in [0, 0.05) is 13.2 Å². The van der Waals surface area contributed by atoms with Crippen molar-refractivity contribution in [3.63, 3.8) is 0 Å². The minimum Gasteiger partial charge on any atom is -0.493 e. The molecule has 0 aromatic heterocycles. The molecule has 0 amide bonds. The second-order valence-corrected chi connectivity index (χ2v) is 24.7. The maximum atomic E-state index is 12.9. The normalized spacial score (nSPS) is 15.1. The van der Waals surface area contributed by atoms with Crippen LogP contribution in [0.3, 0.4) is 0 Å². The molecule has 2 unspecified atom stereocenters. The van der Waals surface area contributed by atoms with Gasteiger partial charge in [0.25, 0.3) is 0 Å². The zero-order valence-corrected chi connectivity index (χ0v) is 43.3. The Morgan fingerprint density at radius 3 is 1.59 bits per heavy atom. The predicted molar refractivity (Wildman–Crippen MR) is 270 cm³/mol. The highest BCUT2D eigenvalue weighted by atomic mass is 28.4. The molecule has 1 heterocycles. The molecule has 69 heavy (non-hydrogen) atoms. The number of carboxylic acid groups (broad SMARTS) is 1. The molecule has 378 valence electrons. The molecule has 1 saturated heterocycles. The molecule has 1 aliphatic heterocycles. The average Bonchev–Trinajstić information content (AvgIpc) is 3.34. The Balaban J connectivity index is 1.21. The summed E-state index contributed by atoms with van der Waals surface area (Å²) in [6.07, 6.45) is 6.83. The van der Waals surface area contributed by atoms with Gasteiger partial charge < -0.3 is 47.4 Å². The van der Waals surface area contributed by atoms with E-state index in [-0.39, 0.29) is 44.3 Å². The smallest absolute Gasteiger partial charge is 0.306 e. The summed E-state index contributed by atoms with van der Waals surface area (Å²) in [6.45, 7) is 15.2. The summed E-state index contributed by atoms with van der Waals surface area (Å²) < 4.78 is 54.2. The molecule has 1 fully saturated rings. The Labute approximate surface area is 412 Å². The SMILES string of the molecule is COc1ccc(COCCc2ccc(COCC(COCc3ccc(CCO[Si](C)(C)C(C)(C)C)cc3)(COCc3ccc(CCC4CCCCO4)cc3)COC(=O)CCC(=O)O)cc2)cc1OC. The van der Waals surface area contributed by atoms with Gasteiger partial charge in [-0.15, -0.1) is 0 Å². The van der Waals surface area contributed by atoms with Crippen LogP contribution in [0.1, 0.15) is 98.2 Å². The highest BCUT2D eigenvalue weighted by Crippen LogP contribution is 2.36. The van der Waals surface area contributed by atoms with E-state index in [2.05, 4.69) is 94.5 Å². The molecular formula is C56H78O12Si. The molecule has 4 aromatic carbocycles. The average molecular weight is 971 g/mol. The van der Waals surface area contributed by atoms with Gasteiger partial charge in [-0.25, -0.2) is 0 Å². The fourth-order valence-corrected chi connectivity index (χ4v) is 8.73. The van der Waals surface area contributed by atoms with Crippen LogP contribution in [-0.2, 0) is 88.1 Å². The molecule has 0 spiro atoms. The number of carboxylic acids is 1. The number of benzene rings is 4. The zero-order chi connectivity index (χ0) is 49.5. The van der Waals surface area contributed by atoms with E-state index in [9.17, 15) is 14.7 Å². The van der Waals surface area contributed by atoms with Crippen LogP contribution in [0.25, 0.3) is 0 Å². The molecule has 1 N–H and O–H groups in total. The molecule has 0 saturated carbocycles. The standard InChI is InChI=1S/C56H78O12Si/c1-55(2,3)69(6,7)68-33-30-45-15-21-48(22-16-45)37-65-41-56(42-67-54(59)28-27-53(57)58,39-63-35-46-17-11-43(12-18-46)23-25-50-10-8-9-31-66-50)40-64-36-47-19-13-44(14-20-47)29-32-62-38-49-24-26-51(60-4)52(34-49)61-5/h11-22,24,26,34,50H,8-10,23,25,27-33,35-42H2,1-7H3,(H,57,58). The predicted octanol–water partition coefficient (Wildman–Crippen LogP) is 10.9. The lowest BCUT2D eigenvalue weighted by molar-refractivity contribution is -0.159. The number of aliphatic carboxylic acids is 1. The van der Waals surface area contributed by atoms with Crippen molar-refractivity contribution in [1.82, 2.24) is 0 Å². The number of ether oxygens (including phenoxy) is 8. The number of rotatable bonds is 31. The van der Waals surface area contributed by atoms with Gasteiger partial charge in [0.05, 0.1) is 91.4 Å². The Morgan fingerprint density at radius 1 is 0.609 bits per heavy atom. The van der Waals surface area contributed by atoms with Crippen molar-refractivity contribution < 1.29 is 57.0 Å². The van der Waals surface area contributed by atoms with Crippen LogP contribution in [0.2, 0.25) is 18.1 Å². The van der Waals surface area contributed by atoms with Crippen LogP contribution < -0.4 is 9.47 Å². The first-order valence-electron chi connectivity index (χ1n) is 24.5. The van der Waals surface area contributed by atoms with Crippen LogP contribution in [0, 0.1) is 5.41 Å². The highest BCUT2D eigenvalue weighted by Gasteiger charge is 2.37. The molecule has 1 aliphatic rings. The van der Waals surface area contributed by atoms with Crippen molar-refractivity contribution >= 4 is 20.3 Å². The van der Waals surface area contributed by atoms with Crippen molar-refractivity contribution in [2.75, 3.05) is 60.5 Å². The third-order valence-corrected chi connectivity index (χ3v) is 17.7. The summed E-state index contributed by atoms with van der Waals surface area (Å²) in [5.74, 6) is -0.322. The molecule has 0 radical (unpaired) electrons. The van der Waals surface area contributed by atoms with Crippen LogP contribution >= 0.6 is 0 Å². The van der Waals surface area contributed by atoms with E-state index in [0.29, 0.717) is 57.2 Å². The summed E-state index contributed by atoms with van der Waals surface area (Å²) in [5, 5.41) is 9.40. The molecule has 13 heteroatoms. The van der Waals surface area contributed by atoms with Gasteiger partial charge in [-0.1, -0.05) is 99.6 Å². The van der Waals surface area contributed by atoms with Crippen LogP contribution in [0.5, 0.6) is 11.5 Å². The fraction of sp³-hybridized carbons (Fsp3) is 0.536. The summed E-state index contributed by atoms with van der Waals surface area (Å²) in [4.78, 5) is 24.2. The van der Waals surface area contributed by atoms with E-state index in [1.54, 1.807) is 14.2 Å². The number of methoxy groups -OCH3 is 2. The fourth-order valence-electron chi connectivity index (χ4n) is 7.68. The number of carbonyl (C=O) groups is 2. The minimum absolute atomic E-state index is 0.0803. The molecule has 12 nitrogen and oxygen atoms in total. The maximum absolute atomic E-state index is 12.9. The van der Waals surface area contributed by atoms with Crippen LogP contribution in [0.4, 0.5) is 0 Å². The molecule has 0 aliphatic carbocycles. The Kier molecular flexibility index (Phi) is 22.7. The first kappa shape index (κ1) is 55.3. The zero-order valence-electron chi connectivity index (χ0n) is 42.3. The molecule has 4 aromatic rings. The van der Waals surface area contributed by atoms with Crippen LogP contribution in [-0.4, -0.2) is 91.9 Å². The van der Waals surface area contributed by atoms with Crippen molar-refractivity contribution in [1.29, 1.82) is 0 Å². The Morgan fingerprint density at radius 2 is 1.10 bits per heavy atom. The summed E-state index contributed by atoms with van der Waals surface area (Å²) in [6, 6.07) is 30.8. The van der Waals surface area contributed by atoms with Crippen LogP contribution in [0.15, 0.2) is 91.0 Å². The van der Waals surface area contributed by atoms with Gasteiger partial charge in [-0.3, -0.25) is 9.59 Å². The monoisotopic (exact) mass is 971 g/mol. The highest BCUT2D eigenvalue weighted by molar-refractivity contribution is 6.74. The van der Waals surface area contributed by atoms with E-state index in [0.717, 1.165) is 72.9 Å². The third kappa shape index (κ3) is 19.6. The lowest BCUT2D eigenvalue weighted by Gasteiger charge is -2.36. The lowest BCUT2D eigenvalue weighted by Crippen LogP contribution is -2.42. The second-order valence-electron chi connectivity index (χ2n) is 19.9. The lowest BCUT2D eigenvalue weighted by atomic mass is 9.92. The van der Waals surface area contributed by atoms with Crippen molar-refractivity contribution in [3.05, 3.63) is 130 Å². The first-order chi connectivity index (χ1) is 33.2. The van der Waals surface area contributed by atoms with Crippen molar-refractivity contribution in [2.45, 2.75) is 129 Å². The molecule has 2 atom stereocenters. The minimum atomic E-state index is -1.83. The Hall–Kier alpha value is -4.60. The van der Waals surface area contributed by atoms with E-state index in [4.69, 9.17) is 42.3 Å². The van der Waals surface area contributed by atoms with Gasteiger partial charge >= 0.3 is 11.9 Å². The van der Waals surface area contributed by atoms with Gasteiger partial charge in [-0.2, -0.15) is 0 Å². The van der Waals surface area contributed by atoms with Gasteiger partial charge in [0.15, 0.2) is 19.8 Å². The number of esters is 1. The van der Waals surface area contributed by atoms with E-state index in [1.807, 2.05) is 30.3 Å². The van der Waals surface area contributed by atoms with E-state index < -0.39 is 25.7 Å².